The maximum Gasteiger partial charge on any atom is 0.261 e. The Morgan fingerprint density at radius 3 is 1.25 bits per heavy atom. The van der Waals surface area contributed by atoms with Crippen LogP contribution in [-0.2, 0) is 19.1 Å². The second-order valence-corrected chi connectivity index (χ2v) is 7.74. The number of hydrogen-bond donors (Lipinski definition) is 1. The molecule has 0 aromatic heterocycles. The summed E-state index contributed by atoms with van der Waals surface area (Å²) in [6.07, 6.45) is 0. The van der Waals surface area contributed by atoms with E-state index in [1.165, 1.54) is 24.3 Å². The first kappa shape index (κ1) is 16.6. The lowest BCUT2D eigenvalue weighted by Crippen LogP contribution is -2.11. The Kier molecular flexibility index (Phi) is 5.70. The highest BCUT2D eigenvalue weighted by Crippen LogP contribution is 2.12. The fraction of sp³-hybridized carbons (Fsp3) is 0. The molecular weight excluding hydrogens is 322 g/mol. The van der Waals surface area contributed by atoms with Gasteiger partial charge >= 0.3 is 0 Å². The first-order chi connectivity index (χ1) is 9.21. The Labute approximate surface area is 122 Å². The van der Waals surface area contributed by atoms with Gasteiger partial charge in [-0.25, -0.2) is 22.0 Å². The lowest BCUT2D eigenvalue weighted by atomic mass is 10.4. The molecule has 108 valence electrons. The summed E-state index contributed by atoms with van der Waals surface area (Å²) in [5, 5.41) is 4.83. The molecule has 0 bridgehead atoms. The van der Waals surface area contributed by atoms with Crippen molar-refractivity contribution in [3.05, 3.63) is 60.7 Å². The number of rotatable bonds is 2. The van der Waals surface area contributed by atoms with E-state index < -0.39 is 19.1 Å². The van der Waals surface area contributed by atoms with Crippen LogP contribution in [0, 0.1) is 0 Å². The summed E-state index contributed by atoms with van der Waals surface area (Å²) in [6.45, 7) is 0. The summed E-state index contributed by atoms with van der Waals surface area (Å²) in [7, 11) is -2.00. The molecule has 0 aliphatic carbocycles. The smallest absolute Gasteiger partial charge is 0.225 e. The van der Waals surface area contributed by atoms with Gasteiger partial charge in [0.15, 0.2) is 0 Å². The van der Waals surface area contributed by atoms with Crippen LogP contribution < -0.4 is 5.14 Å². The van der Waals surface area contributed by atoms with Crippen molar-refractivity contribution in [1.29, 1.82) is 0 Å². The number of primary sulfonamides is 1. The van der Waals surface area contributed by atoms with Crippen LogP contribution in [0.1, 0.15) is 0 Å². The minimum atomic E-state index is -3.53. The van der Waals surface area contributed by atoms with Gasteiger partial charge in [-0.1, -0.05) is 36.4 Å². The molecule has 2 aromatic carbocycles. The maximum atomic E-state index is 10.6. The third-order valence-electron chi connectivity index (χ3n) is 2.10. The van der Waals surface area contributed by atoms with E-state index in [0.717, 1.165) is 0 Å². The van der Waals surface area contributed by atoms with Gasteiger partial charge in [-0.3, -0.25) is 0 Å². The highest BCUT2D eigenvalue weighted by molar-refractivity contribution is 8.13. The molecule has 0 spiro atoms. The third kappa shape index (κ3) is 5.70. The van der Waals surface area contributed by atoms with Gasteiger partial charge in [0, 0.05) is 10.7 Å². The predicted octanol–water partition coefficient (Wildman–Crippen LogP) is 1.95. The minimum absolute atomic E-state index is 0.136. The van der Waals surface area contributed by atoms with Crippen molar-refractivity contribution in [1.82, 2.24) is 0 Å². The number of hydrogen-bond acceptors (Lipinski definition) is 4. The summed E-state index contributed by atoms with van der Waals surface area (Å²) in [5.74, 6) is 0. The molecule has 2 aromatic rings. The molecule has 0 aliphatic heterocycles. The summed E-state index contributed by atoms with van der Waals surface area (Å²) in [6, 6.07) is 15.7. The average molecular weight is 334 g/mol. The van der Waals surface area contributed by atoms with E-state index in [0.29, 0.717) is 0 Å². The molecular formula is C12H12ClNO4S2. The van der Waals surface area contributed by atoms with Crippen LogP contribution in [0.15, 0.2) is 70.5 Å². The lowest BCUT2D eigenvalue weighted by Gasteiger charge is -1.93. The fourth-order valence-corrected chi connectivity index (χ4v) is 2.52. The molecule has 0 radical (unpaired) electrons. The zero-order chi connectivity index (χ0) is 15.2. The Morgan fingerprint density at radius 2 is 1.05 bits per heavy atom. The van der Waals surface area contributed by atoms with Gasteiger partial charge in [-0.15, -0.1) is 0 Å². The van der Waals surface area contributed by atoms with Gasteiger partial charge < -0.3 is 0 Å². The number of sulfonamides is 1. The third-order valence-corrected chi connectivity index (χ3v) is 4.40. The van der Waals surface area contributed by atoms with E-state index in [9.17, 15) is 16.8 Å². The van der Waals surface area contributed by atoms with Crippen LogP contribution in [0.2, 0.25) is 0 Å². The van der Waals surface area contributed by atoms with Crippen LogP contribution in [0.4, 0.5) is 0 Å². The molecule has 5 nitrogen and oxygen atoms in total. The Morgan fingerprint density at radius 1 is 0.700 bits per heavy atom. The molecule has 8 heteroatoms. The zero-order valence-electron chi connectivity index (χ0n) is 10.2. The van der Waals surface area contributed by atoms with Gasteiger partial charge in [0.05, 0.1) is 9.79 Å². The standard InChI is InChI=1S/C6H5ClO2S.C6H7NO2S/c2*7-10(8,9)6-4-2-1-3-5-6/h1-5H;1-5H,(H2,7,8,9). The topological polar surface area (TPSA) is 94.3 Å². The van der Waals surface area contributed by atoms with E-state index in [1.54, 1.807) is 36.4 Å². The molecule has 0 amide bonds. The monoisotopic (exact) mass is 333 g/mol. The van der Waals surface area contributed by atoms with Crippen LogP contribution >= 0.6 is 10.7 Å². The van der Waals surface area contributed by atoms with E-state index in [2.05, 4.69) is 0 Å². The van der Waals surface area contributed by atoms with Crippen molar-refractivity contribution in [2.45, 2.75) is 9.79 Å². The van der Waals surface area contributed by atoms with Crippen molar-refractivity contribution in [2.24, 2.45) is 5.14 Å². The van der Waals surface area contributed by atoms with Crippen molar-refractivity contribution in [3.63, 3.8) is 0 Å². The first-order valence-electron chi connectivity index (χ1n) is 5.29. The summed E-state index contributed by atoms with van der Waals surface area (Å²) in [5.41, 5.74) is 0. The van der Waals surface area contributed by atoms with Crippen molar-refractivity contribution < 1.29 is 16.8 Å². The van der Waals surface area contributed by atoms with Crippen LogP contribution in [0.25, 0.3) is 0 Å². The summed E-state index contributed by atoms with van der Waals surface area (Å²) < 4.78 is 42.4. The number of benzene rings is 2. The van der Waals surface area contributed by atoms with Gasteiger partial charge in [0.2, 0.25) is 10.0 Å². The summed E-state index contributed by atoms with van der Waals surface area (Å²) in [4.78, 5) is 0.284. The van der Waals surface area contributed by atoms with E-state index in [4.69, 9.17) is 15.8 Å². The van der Waals surface area contributed by atoms with Gasteiger partial charge in [0.25, 0.3) is 9.05 Å². The first-order valence-corrected chi connectivity index (χ1v) is 9.14. The molecule has 0 saturated carbocycles. The highest BCUT2D eigenvalue weighted by atomic mass is 35.7. The molecule has 0 saturated heterocycles. The Balaban J connectivity index is 0.000000200. The molecule has 0 unspecified atom stereocenters. The molecule has 2 N–H and O–H groups in total. The minimum Gasteiger partial charge on any atom is -0.225 e. The second-order valence-electron chi connectivity index (χ2n) is 3.61. The van der Waals surface area contributed by atoms with E-state index in [-0.39, 0.29) is 9.79 Å². The Hall–Kier alpha value is -1.41. The second kappa shape index (κ2) is 6.85. The van der Waals surface area contributed by atoms with Gasteiger partial charge in [-0.2, -0.15) is 0 Å². The molecule has 20 heavy (non-hydrogen) atoms. The zero-order valence-corrected chi connectivity index (χ0v) is 12.6. The normalized spacial score (nSPS) is 11.3. The predicted molar refractivity (Wildman–Crippen MR) is 77.3 cm³/mol. The van der Waals surface area contributed by atoms with Gasteiger partial charge in [-0.05, 0) is 24.3 Å². The van der Waals surface area contributed by atoms with E-state index in [1.807, 2.05) is 0 Å². The number of nitrogens with two attached hydrogens (primary N) is 1. The number of halogens is 1. The van der Waals surface area contributed by atoms with E-state index >= 15 is 0 Å². The Bertz CT molecular complexity index is 677. The van der Waals surface area contributed by atoms with Crippen molar-refractivity contribution >= 4 is 29.8 Å². The van der Waals surface area contributed by atoms with Crippen LogP contribution in [0.3, 0.4) is 0 Å². The molecule has 2 rings (SSSR count). The molecule has 0 heterocycles. The van der Waals surface area contributed by atoms with Crippen LogP contribution in [0.5, 0.6) is 0 Å². The maximum absolute atomic E-state index is 10.6. The lowest BCUT2D eigenvalue weighted by molar-refractivity contribution is 0.597. The average Bonchev–Trinajstić information content (AvgIpc) is 2.40. The quantitative estimate of drug-likeness (QED) is 0.850. The van der Waals surface area contributed by atoms with Crippen molar-refractivity contribution in [3.8, 4) is 0 Å². The van der Waals surface area contributed by atoms with Crippen LogP contribution in [-0.4, -0.2) is 16.8 Å². The van der Waals surface area contributed by atoms with Gasteiger partial charge in [0.1, 0.15) is 0 Å². The molecule has 0 fully saturated rings. The van der Waals surface area contributed by atoms with Crippen molar-refractivity contribution in [2.75, 3.05) is 0 Å². The largest absolute Gasteiger partial charge is 0.261 e. The molecule has 0 atom stereocenters. The SMILES string of the molecule is NS(=O)(=O)c1ccccc1.O=S(=O)(Cl)c1ccccc1. The fourth-order valence-electron chi connectivity index (χ4n) is 1.19. The summed E-state index contributed by atoms with van der Waals surface area (Å²) >= 11 is 0. The highest BCUT2D eigenvalue weighted by Gasteiger charge is 2.06. The molecule has 0 aliphatic rings.